The smallest absolute Gasteiger partial charge is 0.295 e. The fourth-order valence-electron chi connectivity index (χ4n) is 3.63. The molecule has 2 aromatic carbocycles. The molecule has 0 saturated carbocycles. The molecule has 164 valence electrons. The van der Waals surface area contributed by atoms with Gasteiger partial charge in [-0.05, 0) is 32.3 Å². The van der Waals surface area contributed by atoms with E-state index in [2.05, 4.69) is 15.9 Å². The number of carbonyl (C=O) groups is 2. The maximum Gasteiger partial charge on any atom is 0.295 e. The molecule has 3 rings (SSSR count). The molecular weight excluding hydrogens is 464 g/mol. The molecule has 0 bridgehead atoms. The Morgan fingerprint density at radius 1 is 1.10 bits per heavy atom. The second kappa shape index (κ2) is 9.53. The van der Waals surface area contributed by atoms with Crippen molar-refractivity contribution in [3.8, 4) is 11.5 Å². The summed E-state index contributed by atoms with van der Waals surface area (Å²) in [6.45, 7) is 0.855. The van der Waals surface area contributed by atoms with Crippen molar-refractivity contribution in [1.82, 2.24) is 9.80 Å². The number of aliphatic hydroxyl groups is 1. The van der Waals surface area contributed by atoms with E-state index < -0.39 is 17.7 Å². The van der Waals surface area contributed by atoms with E-state index in [0.29, 0.717) is 35.7 Å². The number of methoxy groups -OCH3 is 2. The lowest BCUT2D eigenvalue weighted by Crippen LogP contribution is -2.35. The van der Waals surface area contributed by atoms with Gasteiger partial charge in [-0.3, -0.25) is 9.59 Å². The topological polar surface area (TPSA) is 79.3 Å². The van der Waals surface area contributed by atoms with Gasteiger partial charge >= 0.3 is 0 Å². The minimum atomic E-state index is -0.811. The third kappa shape index (κ3) is 4.45. The molecular formula is C23H25BrN2O5. The highest BCUT2D eigenvalue weighted by molar-refractivity contribution is 9.10. The van der Waals surface area contributed by atoms with Gasteiger partial charge in [0.15, 0.2) is 11.5 Å². The average molecular weight is 489 g/mol. The van der Waals surface area contributed by atoms with Crippen LogP contribution in [0, 0.1) is 0 Å². The Hall–Kier alpha value is -2.84. The zero-order valence-corrected chi connectivity index (χ0v) is 19.5. The molecule has 1 saturated heterocycles. The lowest BCUT2D eigenvalue weighted by Gasteiger charge is -2.28. The Balaban J connectivity index is 2.23. The molecule has 2 aromatic rings. The van der Waals surface area contributed by atoms with Crippen LogP contribution in [0.4, 0.5) is 0 Å². The molecule has 8 heteroatoms. The van der Waals surface area contributed by atoms with Crippen molar-refractivity contribution in [3.05, 3.63) is 63.6 Å². The van der Waals surface area contributed by atoms with Crippen LogP contribution in [0.1, 0.15) is 17.2 Å². The number of likely N-dealkylation sites (N-methyl/N-ethyl adjacent to an activating group) is 1. The van der Waals surface area contributed by atoms with Crippen LogP contribution in [-0.4, -0.2) is 68.0 Å². The monoisotopic (exact) mass is 488 g/mol. The number of carbonyl (C=O) groups excluding carboxylic acids is 2. The second-order valence-electron chi connectivity index (χ2n) is 7.39. The molecule has 0 spiro atoms. The molecule has 0 aromatic heterocycles. The SMILES string of the molecule is COc1cccc([C@@H]2C(=C(O)c3ccc(Br)cc3)C(=O)C(=O)N2CCN(C)C)c1OC. The number of ether oxygens (including phenoxy) is 2. The first kappa shape index (κ1) is 22.8. The molecule has 1 fully saturated rings. The average Bonchev–Trinajstić information content (AvgIpc) is 3.01. The number of likely N-dealkylation sites (tertiary alicyclic amines) is 1. The predicted octanol–water partition coefficient (Wildman–Crippen LogP) is 3.45. The molecule has 1 aliphatic rings. The highest BCUT2D eigenvalue weighted by Gasteiger charge is 2.47. The van der Waals surface area contributed by atoms with E-state index in [1.165, 1.54) is 19.1 Å². The van der Waals surface area contributed by atoms with Gasteiger partial charge in [0.25, 0.3) is 11.7 Å². The van der Waals surface area contributed by atoms with Gasteiger partial charge in [-0.2, -0.15) is 0 Å². The summed E-state index contributed by atoms with van der Waals surface area (Å²) in [7, 11) is 6.80. The summed E-state index contributed by atoms with van der Waals surface area (Å²) in [4.78, 5) is 29.5. The summed E-state index contributed by atoms with van der Waals surface area (Å²) in [5.41, 5.74) is 1.04. The Kier molecular flexibility index (Phi) is 7.02. The molecule has 7 nitrogen and oxygen atoms in total. The van der Waals surface area contributed by atoms with Crippen molar-refractivity contribution in [2.24, 2.45) is 0 Å². The fourth-order valence-corrected chi connectivity index (χ4v) is 3.90. The van der Waals surface area contributed by atoms with E-state index in [4.69, 9.17) is 9.47 Å². The molecule has 0 radical (unpaired) electrons. The van der Waals surface area contributed by atoms with Crippen molar-refractivity contribution >= 4 is 33.4 Å². The third-order valence-corrected chi connectivity index (χ3v) is 5.70. The van der Waals surface area contributed by atoms with E-state index >= 15 is 0 Å². The van der Waals surface area contributed by atoms with E-state index in [-0.39, 0.29) is 11.3 Å². The van der Waals surface area contributed by atoms with E-state index in [9.17, 15) is 14.7 Å². The number of halogens is 1. The highest BCUT2D eigenvalue weighted by atomic mass is 79.9. The number of Topliss-reactive ketones (excluding diaryl/α,β-unsaturated/α-hetero) is 1. The van der Waals surface area contributed by atoms with Crippen molar-refractivity contribution in [1.29, 1.82) is 0 Å². The minimum Gasteiger partial charge on any atom is -0.507 e. The Morgan fingerprint density at radius 3 is 2.35 bits per heavy atom. The van der Waals surface area contributed by atoms with Gasteiger partial charge in [0, 0.05) is 28.7 Å². The maximum atomic E-state index is 13.1. The molecule has 31 heavy (non-hydrogen) atoms. The zero-order valence-electron chi connectivity index (χ0n) is 17.9. The fraction of sp³-hybridized carbons (Fsp3) is 0.304. The summed E-state index contributed by atoms with van der Waals surface area (Å²) in [6.07, 6.45) is 0. The van der Waals surface area contributed by atoms with Gasteiger partial charge in [0.05, 0.1) is 25.8 Å². The number of benzene rings is 2. The van der Waals surface area contributed by atoms with Crippen LogP contribution in [0.3, 0.4) is 0 Å². The van der Waals surface area contributed by atoms with Crippen LogP contribution in [0.2, 0.25) is 0 Å². The molecule has 1 amide bonds. The van der Waals surface area contributed by atoms with Crippen LogP contribution in [0.25, 0.3) is 5.76 Å². The van der Waals surface area contributed by atoms with Gasteiger partial charge in [-0.1, -0.05) is 40.2 Å². The Bertz CT molecular complexity index is 1020. The normalized spacial score (nSPS) is 18.0. The number of aliphatic hydroxyl groups excluding tert-OH is 1. The minimum absolute atomic E-state index is 0.0256. The highest BCUT2D eigenvalue weighted by Crippen LogP contribution is 2.45. The van der Waals surface area contributed by atoms with Crippen molar-refractivity contribution in [2.75, 3.05) is 41.4 Å². The molecule has 0 unspecified atom stereocenters. The van der Waals surface area contributed by atoms with Gasteiger partial charge in [0.2, 0.25) is 0 Å². The number of para-hydroxylation sites is 1. The van der Waals surface area contributed by atoms with Gasteiger partial charge in [-0.15, -0.1) is 0 Å². The summed E-state index contributed by atoms with van der Waals surface area (Å²) >= 11 is 3.36. The van der Waals surface area contributed by atoms with Crippen molar-refractivity contribution in [3.63, 3.8) is 0 Å². The third-order valence-electron chi connectivity index (χ3n) is 5.17. The number of nitrogens with zero attached hydrogens (tertiary/aromatic N) is 2. The van der Waals surface area contributed by atoms with E-state index in [1.54, 1.807) is 42.5 Å². The van der Waals surface area contributed by atoms with Crippen LogP contribution < -0.4 is 9.47 Å². The van der Waals surface area contributed by atoms with Crippen LogP contribution >= 0.6 is 15.9 Å². The Morgan fingerprint density at radius 2 is 1.77 bits per heavy atom. The lowest BCUT2D eigenvalue weighted by molar-refractivity contribution is -0.140. The largest absolute Gasteiger partial charge is 0.507 e. The van der Waals surface area contributed by atoms with E-state index in [1.807, 2.05) is 19.0 Å². The number of amides is 1. The van der Waals surface area contributed by atoms with Gasteiger partial charge < -0.3 is 24.4 Å². The standard InChI is InChI=1S/C23H25BrN2O5/c1-25(2)12-13-26-19(16-6-5-7-17(30-3)22(16)31-4)18(21(28)23(26)29)20(27)14-8-10-15(24)11-9-14/h5-11,19,27H,12-13H2,1-4H3/t19-/m1/s1. The Labute approximate surface area is 190 Å². The van der Waals surface area contributed by atoms with Gasteiger partial charge in [-0.25, -0.2) is 0 Å². The number of hydrogen-bond acceptors (Lipinski definition) is 6. The summed E-state index contributed by atoms with van der Waals surface area (Å²) in [5.74, 6) is -0.729. The predicted molar refractivity (Wildman–Crippen MR) is 121 cm³/mol. The molecule has 1 atom stereocenters. The lowest BCUT2D eigenvalue weighted by atomic mass is 9.94. The van der Waals surface area contributed by atoms with Crippen LogP contribution in [0.15, 0.2) is 52.5 Å². The van der Waals surface area contributed by atoms with E-state index in [0.717, 1.165) is 4.47 Å². The zero-order chi connectivity index (χ0) is 22.7. The second-order valence-corrected chi connectivity index (χ2v) is 8.30. The van der Waals surface area contributed by atoms with Crippen LogP contribution in [-0.2, 0) is 9.59 Å². The number of ketones is 1. The summed E-state index contributed by atoms with van der Waals surface area (Å²) in [5, 5.41) is 11.1. The first-order valence-corrected chi connectivity index (χ1v) is 10.5. The number of rotatable bonds is 7. The first-order chi connectivity index (χ1) is 14.8. The maximum absolute atomic E-state index is 13.1. The van der Waals surface area contributed by atoms with Gasteiger partial charge in [0.1, 0.15) is 5.76 Å². The first-order valence-electron chi connectivity index (χ1n) is 9.70. The molecule has 1 aliphatic heterocycles. The molecule has 0 aliphatic carbocycles. The van der Waals surface area contributed by atoms with Crippen LogP contribution in [0.5, 0.6) is 11.5 Å². The summed E-state index contributed by atoms with van der Waals surface area (Å²) in [6, 6.07) is 11.4. The quantitative estimate of drug-likeness (QED) is 0.365. The molecule has 1 heterocycles. The van der Waals surface area contributed by atoms with Crippen molar-refractivity contribution < 1.29 is 24.2 Å². The van der Waals surface area contributed by atoms with Crippen molar-refractivity contribution in [2.45, 2.75) is 6.04 Å². The number of hydrogen-bond donors (Lipinski definition) is 1. The summed E-state index contributed by atoms with van der Waals surface area (Å²) < 4.78 is 11.8. The molecule has 1 N–H and O–H groups in total.